The molecule has 2 N–H and O–H groups in total. The van der Waals surface area contributed by atoms with Crippen LogP contribution >= 0.6 is 0 Å². The van der Waals surface area contributed by atoms with E-state index in [4.69, 9.17) is 0 Å². The summed E-state index contributed by atoms with van der Waals surface area (Å²) in [5.74, 6) is 1.28. The Morgan fingerprint density at radius 2 is 2.09 bits per heavy atom. The number of anilines is 1. The van der Waals surface area contributed by atoms with E-state index in [1.54, 1.807) is 0 Å². The number of nitrogens with zero attached hydrogens (tertiary/aromatic N) is 2. The first kappa shape index (κ1) is 15.5. The number of aromatic amines is 1. The number of alkyl halides is 3. The Labute approximate surface area is 130 Å². The van der Waals surface area contributed by atoms with Crippen molar-refractivity contribution in [2.24, 2.45) is 0 Å². The minimum Gasteiger partial charge on any atom is -0.364 e. The number of hydrogen-bond acceptors (Lipinski definition) is 4. The third-order valence-electron chi connectivity index (χ3n) is 3.85. The van der Waals surface area contributed by atoms with E-state index in [1.165, 1.54) is 12.1 Å². The Bertz CT molecular complexity index is 736. The maximum Gasteiger partial charge on any atom is 0.417 e. The molecule has 0 unspecified atom stereocenters. The monoisotopic (exact) mass is 324 g/mol. The third-order valence-corrected chi connectivity index (χ3v) is 3.85. The van der Waals surface area contributed by atoms with Crippen LogP contribution in [0.1, 0.15) is 42.3 Å². The second-order valence-corrected chi connectivity index (χ2v) is 5.53. The van der Waals surface area contributed by atoms with E-state index in [1.807, 2.05) is 0 Å². The second-order valence-electron chi connectivity index (χ2n) is 5.53. The van der Waals surface area contributed by atoms with Gasteiger partial charge in [0.05, 0.1) is 17.8 Å². The van der Waals surface area contributed by atoms with Gasteiger partial charge in [0.15, 0.2) is 0 Å². The molecular weight excluding hydrogens is 309 g/mol. The van der Waals surface area contributed by atoms with Crippen LogP contribution in [-0.2, 0) is 12.7 Å². The SMILES string of the molecule is O=c1cc(CNc2ccc(C(F)(F)F)cn2)nc(C2CCC2)[nH]1. The molecule has 0 radical (unpaired) electrons. The van der Waals surface area contributed by atoms with E-state index in [0.29, 0.717) is 23.3 Å². The largest absolute Gasteiger partial charge is 0.417 e. The fraction of sp³-hybridized carbons (Fsp3) is 0.400. The van der Waals surface area contributed by atoms with Gasteiger partial charge in [0.1, 0.15) is 11.6 Å². The molecule has 2 heterocycles. The van der Waals surface area contributed by atoms with E-state index in [2.05, 4.69) is 20.3 Å². The fourth-order valence-electron chi connectivity index (χ4n) is 2.34. The zero-order valence-electron chi connectivity index (χ0n) is 12.2. The number of hydrogen-bond donors (Lipinski definition) is 2. The van der Waals surface area contributed by atoms with Gasteiger partial charge in [0.25, 0.3) is 5.56 Å². The molecule has 1 fully saturated rings. The van der Waals surface area contributed by atoms with Gasteiger partial charge >= 0.3 is 6.18 Å². The van der Waals surface area contributed by atoms with Crippen LogP contribution in [-0.4, -0.2) is 15.0 Å². The molecule has 1 saturated carbocycles. The molecule has 23 heavy (non-hydrogen) atoms. The smallest absolute Gasteiger partial charge is 0.364 e. The van der Waals surface area contributed by atoms with Crippen molar-refractivity contribution in [2.75, 3.05) is 5.32 Å². The number of aromatic nitrogens is 3. The zero-order chi connectivity index (χ0) is 16.4. The topological polar surface area (TPSA) is 70.7 Å². The highest BCUT2D eigenvalue weighted by molar-refractivity contribution is 5.36. The lowest BCUT2D eigenvalue weighted by molar-refractivity contribution is -0.137. The highest BCUT2D eigenvalue weighted by Crippen LogP contribution is 2.33. The van der Waals surface area contributed by atoms with Crippen molar-refractivity contribution in [1.82, 2.24) is 15.0 Å². The number of halogens is 3. The zero-order valence-corrected chi connectivity index (χ0v) is 12.2. The quantitative estimate of drug-likeness (QED) is 0.907. The number of rotatable bonds is 4. The van der Waals surface area contributed by atoms with Crippen LogP contribution in [0.15, 0.2) is 29.2 Å². The summed E-state index contributed by atoms with van der Waals surface area (Å²) in [5.41, 5.74) is -0.485. The Balaban J connectivity index is 1.68. The number of H-pyrrole nitrogens is 1. The lowest BCUT2D eigenvalue weighted by Crippen LogP contribution is -2.20. The lowest BCUT2D eigenvalue weighted by Gasteiger charge is -2.24. The number of pyridine rings is 1. The van der Waals surface area contributed by atoms with Crippen molar-refractivity contribution >= 4 is 5.82 Å². The molecule has 1 aliphatic rings. The van der Waals surface area contributed by atoms with Gasteiger partial charge in [-0.3, -0.25) is 4.79 Å². The van der Waals surface area contributed by atoms with E-state index < -0.39 is 11.7 Å². The summed E-state index contributed by atoms with van der Waals surface area (Å²) in [4.78, 5) is 22.5. The highest BCUT2D eigenvalue weighted by atomic mass is 19.4. The Hall–Kier alpha value is -2.38. The van der Waals surface area contributed by atoms with E-state index in [9.17, 15) is 18.0 Å². The van der Waals surface area contributed by atoms with Gasteiger partial charge in [-0.1, -0.05) is 6.42 Å². The summed E-state index contributed by atoms with van der Waals surface area (Å²) >= 11 is 0. The van der Waals surface area contributed by atoms with Gasteiger partial charge in [-0.15, -0.1) is 0 Å². The van der Waals surface area contributed by atoms with Crippen LogP contribution in [0.5, 0.6) is 0 Å². The van der Waals surface area contributed by atoms with Crippen LogP contribution in [0, 0.1) is 0 Å². The van der Waals surface area contributed by atoms with Gasteiger partial charge in [-0.2, -0.15) is 13.2 Å². The van der Waals surface area contributed by atoms with Crippen LogP contribution in [0.25, 0.3) is 0 Å². The van der Waals surface area contributed by atoms with Gasteiger partial charge in [0.2, 0.25) is 0 Å². The predicted octanol–water partition coefficient (Wildman–Crippen LogP) is 3.06. The van der Waals surface area contributed by atoms with Crippen LogP contribution in [0.3, 0.4) is 0 Å². The first-order chi connectivity index (χ1) is 10.9. The summed E-state index contributed by atoms with van der Waals surface area (Å²) in [5, 5.41) is 2.88. The Morgan fingerprint density at radius 3 is 2.65 bits per heavy atom. The van der Waals surface area contributed by atoms with Gasteiger partial charge in [0, 0.05) is 18.2 Å². The molecule has 122 valence electrons. The summed E-state index contributed by atoms with van der Waals surface area (Å²) in [6, 6.07) is 3.59. The van der Waals surface area contributed by atoms with E-state index >= 15 is 0 Å². The maximum atomic E-state index is 12.5. The average molecular weight is 324 g/mol. The normalized spacial score (nSPS) is 15.3. The van der Waals surface area contributed by atoms with Crippen LogP contribution < -0.4 is 10.9 Å². The van der Waals surface area contributed by atoms with Gasteiger partial charge in [-0.05, 0) is 25.0 Å². The fourth-order valence-corrected chi connectivity index (χ4v) is 2.34. The minimum atomic E-state index is -4.41. The molecule has 0 bridgehead atoms. The van der Waals surface area contributed by atoms with Crippen LogP contribution in [0.2, 0.25) is 0 Å². The van der Waals surface area contributed by atoms with Crippen molar-refractivity contribution in [3.8, 4) is 0 Å². The molecule has 2 aromatic rings. The van der Waals surface area contributed by atoms with Crippen molar-refractivity contribution in [1.29, 1.82) is 0 Å². The standard InChI is InChI=1S/C15H15F3N4O/c16-15(17,18)10-4-5-12(19-7-10)20-8-11-6-13(23)22-14(21-11)9-2-1-3-9/h4-7,9H,1-3,8H2,(H,19,20)(H,21,22,23). The highest BCUT2D eigenvalue weighted by Gasteiger charge is 2.30. The summed E-state index contributed by atoms with van der Waals surface area (Å²) in [6.45, 7) is 0.224. The molecule has 0 amide bonds. The molecule has 2 aromatic heterocycles. The molecule has 0 spiro atoms. The summed E-state index contributed by atoms with van der Waals surface area (Å²) in [6.07, 6.45) is -0.474. The maximum absolute atomic E-state index is 12.5. The van der Waals surface area contributed by atoms with Crippen molar-refractivity contribution in [2.45, 2.75) is 37.9 Å². The van der Waals surface area contributed by atoms with Crippen molar-refractivity contribution < 1.29 is 13.2 Å². The molecule has 0 aliphatic heterocycles. The van der Waals surface area contributed by atoms with Gasteiger partial charge in [-0.25, -0.2) is 9.97 Å². The van der Waals surface area contributed by atoms with Crippen LogP contribution in [0.4, 0.5) is 19.0 Å². The molecule has 8 heteroatoms. The molecule has 0 aromatic carbocycles. The van der Waals surface area contributed by atoms with E-state index in [-0.39, 0.29) is 12.1 Å². The summed E-state index contributed by atoms with van der Waals surface area (Å²) < 4.78 is 37.4. The van der Waals surface area contributed by atoms with Gasteiger partial charge < -0.3 is 10.3 Å². The Kier molecular flexibility index (Phi) is 4.06. The molecular formula is C15H15F3N4O. The Morgan fingerprint density at radius 1 is 1.30 bits per heavy atom. The first-order valence-corrected chi connectivity index (χ1v) is 7.29. The third kappa shape index (κ3) is 3.69. The first-order valence-electron chi connectivity index (χ1n) is 7.29. The molecule has 0 saturated heterocycles. The molecule has 1 aliphatic carbocycles. The van der Waals surface area contributed by atoms with E-state index in [0.717, 1.165) is 31.5 Å². The molecule has 5 nitrogen and oxygen atoms in total. The lowest BCUT2D eigenvalue weighted by atomic mass is 9.85. The molecule has 3 rings (SSSR count). The average Bonchev–Trinajstić information content (AvgIpc) is 2.42. The van der Waals surface area contributed by atoms with Crippen molar-refractivity contribution in [3.05, 3.63) is 51.8 Å². The summed E-state index contributed by atoms with van der Waals surface area (Å²) in [7, 11) is 0. The predicted molar refractivity (Wildman–Crippen MR) is 78.0 cm³/mol. The number of nitrogens with one attached hydrogen (secondary N) is 2. The molecule has 0 atom stereocenters. The van der Waals surface area contributed by atoms with Crippen molar-refractivity contribution in [3.63, 3.8) is 0 Å². The second kappa shape index (κ2) is 6.02. The minimum absolute atomic E-state index is 0.223.